The van der Waals surface area contributed by atoms with E-state index in [4.69, 9.17) is 10.00 Å². The summed E-state index contributed by atoms with van der Waals surface area (Å²) in [5.74, 6) is -0.713. The first-order valence-electron chi connectivity index (χ1n) is 6.58. The molecule has 21 heavy (non-hydrogen) atoms. The second-order valence-corrected chi connectivity index (χ2v) is 4.91. The van der Waals surface area contributed by atoms with Crippen LogP contribution in [0.4, 0.5) is 0 Å². The third-order valence-electron chi connectivity index (χ3n) is 2.98. The van der Waals surface area contributed by atoms with Crippen LogP contribution >= 0.6 is 0 Å². The molecule has 0 aliphatic heterocycles. The van der Waals surface area contributed by atoms with Gasteiger partial charge in [-0.25, -0.2) is 9.48 Å². The molecule has 0 aliphatic rings. The quantitative estimate of drug-likeness (QED) is 0.806. The molecule has 0 radical (unpaired) electrons. The average molecular weight is 285 g/mol. The van der Waals surface area contributed by atoms with Gasteiger partial charge in [0, 0.05) is 5.39 Å². The Labute approximate surface area is 121 Å². The third kappa shape index (κ3) is 2.77. The number of nitrogens with zero attached hydrogens (tertiary/aromatic N) is 3. The second kappa shape index (κ2) is 5.75. The fourth-order valence-corrected chi connectivity index (χ4v) is 1.95. The summed E-state index contributed by atoms with van der Waals surface area (Å²) in [4.78, 5) is 24.5. The maximum Gasteiger partial charge on any atom is 0.360 e. The minimum Gasteiger partial charge on any atom is -0.442 e. The number of hydrogen-bond acceptors (Lipinski definition) is 5. The topological polar surface area (TPSA) is 85.0 Å². The van der Waals surface area contributed by atoms with Crippen LogP contribution in [-0.4, -0.2) is 21.9 Å². The zero-order valence-corrected chi connectivity index (χ0v) is 12.0. The molecule has 0 N–H and O–H groups in total. The molecule has 1 aromatic carbocycles. The Balaban J connectivity index is 2.68. The number of carbonyl (C=O) groups excluding carboxylic acids is 1. The van der Waals surface area contributed by atoms with Gasteiger partial charge in [-0.2, -0.15) is 10.4 Å². The van der Waals surface area contributed by atoms with Crippen molar-refractivity contribution in [2.45, 2.75) is 32.9 Å². The second-order valence-electron chi connectivity index (χ2n) is 4.91. The van der Waals surface area contributed by atoms with E-state index in [0.29, 0.717) is 10.8 Å². The summed E-state index contributed by atoms with van der Waals surface area (Å²) < 4.78 is 6.24. The van der Waals surface area contributed by atoms with Gasteiger partial charge in [0.2, 0.25) is 0 Å². The Hall–Kier alpha value is -2.68. The van der Waals surface area contributed by atoms with Crippen molar-refractivity contribution in [3.63, 3.8) is 0 Å². The zero-order valence-electron chi connectivity index (χ0n) is 12.0. The molecule has 0 bridgehead atoms. The van der Waals surface area contributed by atoms with E-state index >= 15 is 0 Å². The van der Waals surface area contributed by atoms with Crippen molar-refractivity contribution >= 4 is 16.7 Å². The fourth-order valence-electron chi connectivity index (χ4n) is 1.95. The fraction of sp³-hybridized carbons (Fsp3) is 0.333. The van der Waals surface area contributed by atoms with Gasteiger partial charge in [-0.1, -0.05) is 18.2 Å². The van der Waals surface area contributed by atoms with Crippen molar-refractivity contribution in [2.75, 3.05) is 0 Å². The summed E-state index contributed by atoms with van der Waals surface area (Å²) in [6, 6.07) is 8.35. The minimum atomic E-state index is -0.877. The van der Waals surface area contributed by atoms with E-state index in [2.05, 4.69) is 5.10 Å². The Kier molecular flexibility index (Phi) is 4.03. The SMILES string of the molecule is CC(C)n1nc(C(=O)O[C@@H](C)C#N)c2ccccc2c1=O. The maximum absolute atomic E-state index is 12.3. The lowest BCUT2D eigenvalue weighted by Crippen LogP contribution is -2.28. The highest BCUT2D eigenvalue weighted by molar-refractivity contribution is 6.02. The summed E-state index contributed by atoms with van der Waals surface area (Å²) in [5, 5.41) is 13.7. The van der Waals surface area contributed by atoms with Gasteiger partial charge in [0.05, 0.1) is 11.4 Å². The molecule has 1 heterocycles. The molecule has 0 spiro atoms. The van der Waals surface area contributed by atoms with Crippen LogP contribution in [0, 0.1) is 11.3 Å². The van der Waals surface area contributed by atoms with E-state index < -0.39 is 12.1 Å². The molecule has 0 amide bonds. The van der Waals surface area contributed by atoms with Gasteiger partial charge in [0.25, 0.3) is 5.56 Å². The lowest BCUT2D eigenvalue weighted by Gasteiger charge is -2.13. The highest BCUT2D eigenvalue weighted by atomic mass is 16.5. The van der Waals surface area contributed by atoms with Crippen LogP contribution < -0.4 is 5.56 Å². The predicted molar refractivity (Wildman–Crippen MR) is 76.9 cm³/mol. The molecule has 2 aromatic rings. The highest BCUT2D eigenvalue weighted by Gasteiger charge is 2.20. The highest BCUT2D eigenvalue weighted by Crippen LogP contribution is 2.16. The number of esters is 1. The average Bonchev–Trinajstić information content (AvgIpc) is 2.47. The summed E-state index contributed by atoms with van der Waals surface area (Å²) in [5.41, 5.74) is -0.216. The van der Waals surface area contributed by atoms with Crippen molar-refractivity contribution in [3.05, 3.63) is 40.3 Å². The van der Waals surface area contributed by atoms with Crippen LogP contribution in [0.25, 0.3) is 10.8 Å². The van der Waals surface area contributed by atoms with Crippen LogP contribution in [0.2, 0.25) is 0 Å². The van der Waals surface area contributed by atoms with Crippen LogP contribution in [0.3, 0.4) is 0 Å². The minimum absolute atomic E-state index is 0.0426. The Morgan fingerprint density at radius 2 is 1.90 bits per heavy atom. The number of carbonyl (C=O) groups is 1. The monoisotopic (exact) mass is 285 g/mol. The molecular formula is C15H15N3O3. The number of nitriles is 1. The Bertz CT molecular complexity index is 787. The number of hydrogen-bond donors (Lipinski definition) is 0. The summed E-state index contributed by atoms with van der Waals surface area (Å²) in [6.45, 7) is 5.07. The van der Waals surface area contributed by atoms with E-state index in [1.54, 1.807) is 38.1 Å². The molecule has 0 aliphatic carbocycles. The zero-order chi connectivity index (χ0) is 15.6. The molecule has 1 atom stereocenters. The third-order valence-corrected chi connectivity index (χ3v) is 2.98. The molecule has 6 nitrogen and oxygen atoms in total. The maximum atomic E-state index is 12.3. The largest absolute Gasteiger partial charge is 0.442 e. The van der Waals surface area contributed by atoms with Gasteiger partial charge < -0.3 is 4.74 Å². The lowest BCUT2D eigenvalue weighted by molar-refractivity contribution is 0.0428. The smallest absolute Gasteiger partial charge is 0.360 e. The predicted octanol–water partition coefficient (Wildman–Crippen LogP) is 2.05. The number of rotatable bonds is 3. The number of benzene rings is 1. The molecule has 6 heteroatoms. The number of fused-ring (bicyclic) bond motifs is 1. The van der Waals surface area contributed by atoms with Gasteiger partial charge >= 0.3 is 5.97 Å². The van der Waals surface area contributed by atoms with Crippen molar-refractivity contribution in [3.8, 4) is 6.07 Å². The van der Waals surface area contributed by atoms with Gasteiger partial charge in [0.15, 0.2) is 11.8 Å². The standard InChI is InChI=1S/C15H15N3O3/c1-9(2)18-14(19)12-7-5-4-6-11(12)13(17-18)15(20)21-10(3)8-16/h4-7,9-10H,1-3H3/t10-/m0/s1. The molecular weight excluding hydrogens is 270 g/mol. The van der Waals surface area contributed by atoms with Crippen molar-refractivity contribution in [2.24, 2.45) is 0 Å². The number of ether oxygens (including phenoxy) is 1. The van der Waals surface area contributed by atoms with E-state index in [0.717, 1.165) is 0 Å². The van der Waals surface area contributed by atoms with Crippen LogP contribution in [0.15, 0.2) is 29.1 Å². The van der Waals surface area contributed by atoms with Crippen LogP contribution in [0.5, 0.6) is 0 Å². The summed E-state index contributed by atoms with van der Waals surface area (Å²) in [6.07, 6.45) is -0.877. The Morgan fingerprint density at radius 1 is 1.29 bits per heavy atom. The number of aromatic nitrogens is 2. The van der Waals surface area contributed by atoms with Crippen LogP contribution in [-0.2, 0) is 4.74 Å². The van der Waals surface area contributed by atoms with E-state index in [-0.39, 0.29) is 17.3 Å². The first-order chi connectivity index (χ1) is 9.95. The van der Waals surface area contributed by atoms with Crippen LogP contribution in [0.1, 0.15) is 37.3 Å². The normalized spacial score (nSPS) is 12.1. The molecule has 108 valence electrons. The summed E-state index contributed by atoms with van der Waals surface area (Å²) >= 11 is 0. The molecule has 2 rings (SSSR count). The van der Waals surface area contributed by atoms with Gasteiger partial charge in [-0.15, -0.1) is 0 Å². The van der Waals surface area contributed by atoms with Crippen molar-refractivity contribution < 1.29 is 9.53 Å². The van der Waals surface area contributed by atoms with Gasteiger partial charge in [-0.05, 0) is 26.8 Å². The molecule has 0 saturated heterocycles. The molecule has 0 fully saturated rings. The molecule has 0 saturated carbocycles. The summed E-state index contributed by atoms with van der Waals surface area (Å²) in [7, 11) is 0. The van der Waals surface area contributed by atoms with E-state index in [1.807, 2.05) is 6.07 Å². The van der Waals surface area contributed by atoms with Gasteiger partial charge in [0.1, 0.15) is 6.07 Å². The van der Waals surface area contributed by atoms with E-state index in [9.17, 15) is 9.59 Å². The Morgan fingerprint density at radius 3 is 2.48 bits per heavy atom. The first kappa shape index (κ1) is 14.7. The molecule has 0 unspecified atom stereocenters. The van der Waals surface area contributed by atoms with Crippen molar-refractivity contribution in [1.82, 2.24) is 9.78 Å². The first-order valence-corrected chi connectivity index (χ1v) is 6.58. The van der Waals surface area contributed by atoms with Crippen molar-refractivity contribution in [1.29, 1.82) is 5.26 Å². The van der Waals surface area contributed by atoms with E-state index in [1.165, 1.54) is 11.6 Å². The molecule has 1 aromatic heterocycles. The lowest BCUT2D eigenvalue weighted by atomic mass is 10.1. The van der Waals surface area contributed by atoms with Gasteiger partial charge in [-0.3, -0.25) is 4.79 Å².